The third-order valence-corrected chi connectivity index (χ3v) is 4.33. The van der Waals surface area contributed by atoms with Crippen molar-refractivity contribution in [3.63, 3.8) is 0 Å². The second-order valence-electron chi connectivity index (χ2n) is 5.63. The summed E-state index contributed by atoms with van der Waals surface area (Å²) >= 11 is 0. The molecule has 4 heteroatoms. The maximum Gasteiger partial charge on any atom is 0.146 e. The fourth-order valence-corrected chi connectivity index (χ4v) is 2.18. The standard InChI is InChI=1S/C14H24O3Si/c1-18(2,3)10-9-16-12-17-11-14(15)13-7-5-4-6-8-13/h4-8,14-15H,9-12H2,1-3H3. The quantitative estimate of drug-likeness (QED) is 0.447. The summed E-state index contributed by atoms with van der Waals surface area (Å²) in [6, 6.07) is 10.7. The van der Waals surface area contributed by atoms with E-state index in [0.717, 1.165) is 18.2 Å². The molecule has 1 N–H and O–H groups in total. The first kappa shape index (κ1) is 15.4. The Labute approximate surface area is 111 Å². The fourth-order valence-electron chi connectivity index (χ4n) is 1.43. The van der Waals surface area contributed by atoms with E-state index in [4.69, 9.17) is 9.47 Å². The largest absolute Gasteiger partial charge is 0.386 e. The Morgan fingerprint density at radius 1 is 1.11 bits per heavy atom. The Bertz CT molecular complexity index is 322. The van der Waals surface area contributed by atoms with Gasteiger partial charge in [-0.1, -0.05) is 50.0 Å². The molecule has 3 nitrogen and oxygen atoms in total. The smallest absolute Gasteiger partial charge is 0.146 e. The Morgan fingerprint density at radius 3 is 2.39 bits per heavy atom. The highest BCUT2D eigenvalue weighted by molar-refractivity contribution is 6.76. The molecule has 0 amide bonds. The number of rotatable bonds is 8. The molecule has 0 aliphatic rings. The lowest BCUT2D eigenvalue weighted by molar-refractivity contribution is -0.0762. The van der Waals surface area contributed by atoms with Crippen molar-refractivity contribution in [1.82, 2.24) is 0 Å². The molecule has 102 valence electrons. The third-order valence-electron chi connectivity index (χ3n) is 2.62. The first-order chi connectivity index (χ1) is 8.49. The predicted molar refractivity (Wildman–Crippen MR) is 76.3 cm³/mol. The van der Waals surface area contributed by atoms with E-state index in [1.54, 1.807) is 0 Å². The molecule has 18 heavy (non-hydrogen) atoms. The van der Waals surface area contributed by atoms with Crippen LogP contribution in [0.4, 0.5) is 0 Å². The number of hydrogen-bond donors (Lipinski definition) is 1. The van der Waals surface area contributed by atoms with E-state index in [-0.39, 0.29) is 13.4 Å². The Hall–Kier alpha value is -0.683. The van der Waals surface area contributed by atoms with E-state index in [0.29, 0.717) is 0 Å². The van der Waals surface area contributed by atoms with Crippen LogP contribution in [0.2, 0.25) is 25.7 Å². The van der Waals surface area contributed by atoms with Crippen LogP contribution in [0.1, 0.15) is 11.7 Å². The highest BCUT2D eigenvalue weighted by Gasteiger charge is 2.12. The third kappa shape index (κ3) is 6.91. The summed E-state index contributed by atoms with van der Waals surface area (Å²) in [6.45, 7) is 8.23. The molecule has 0 aliphatic carbocycles. The van der Waals surface area contributed by atoms with Gasteiger partial charge in [-0.25, -0.2) is 0 Å². The van der Waals surface area contributed by atoms with Crippen LogP contribution < -0.4 is 0 Å². The molecule has 1 unspecified atom stereocenters. The normalized spacial score (nSPS) is 13.6. The first-order valence-electron chi connectivity index (χ1n) is 6.37. The number of ether oxygens (including phenoxy) is 2. The molecule has 0 heterocycles. The lowest BCUT2D eigenvalue weighted by atomic mass is 10.1. The van der Waals surface area contributed by atoms with Gasteiger partial charge in [-0.2, -0.15) is 0 Å². The summed E-state index contributed by atoms with van der Waals surface area (Å²) in [7, 11) is -1.02. The first-order valence-corrected chi connectivity index (χ1v) is 10.1. The molecule has 0 bridgehead atoms. The molecule has 0 saturated heterocycles. The Kier molecular flexibility index (Phi) is 6.57. The van der Waals surface area contributed by atoms with Gasteiger partial charge in [-0.05, 0) is 11.6 Å². The zero-order chi connectivity index (χ0) is 13.4. The second-order valence-corrected chi connectivity index (χ2v) is 11.3. The molecule has 0 aliphatic heterocycles. The maximum atomic E-state index is 9.83. The molecule has 0 spiro atoms. The number of aliphatic hydroxyl groups is 1. The number of hydrogen-bond acceptors (Lipinski definition) is 3. The Morgan fingerprint density at radius 2 is 1.78 bits per heavy atom. The van der Waals surface area contributed by atoms with Crippen molar-refractivity contribution in [3.05, 3.63) is 35.9 Å². The lowest BCUT2D eigenvalue weighted by Crippen LogP contribution is -2.22. The van der Waals surface area contributed by atoms with Gasteiger partial charge in [0.05, 0.1) is 6.61 Å². The van der Waals surface area contributed by atoms with Crippen molar-refractivity contribution < 1.29 is 14.6 Å². The molecular formula is C14H24O3Si. The van der Waals surface area contributed by atoms with Gasteiger partial charge in [0, 0.05) is 14.7 Å². The van der Waals surface area contributed by atoms with Gasteiger partial charge in [0.25, 0.3) is 0 Å². The number of aliphatic hydroxyl groups excluding tert-OH is 1. The highest BCUT2D eigenvalue weighted by Crippen LogP contribution is 2.12. The van der Waals surface area contributed by atoms with Crippen molar-refractivity contribution in [3.8, 4) is 0 Å². The predicted octanol–water partition coefficient (Wildman–Crippen LogP) is 3.05. The van der Waals surface area contributed by atoms with Crippen LogP contribution in [0.25, 0.3) is 0 Å². The molecular weight excluding hydrogens is 244 g/mol. The van der Waals surface area contributed by atoms with Crippen LogP contribution in [0, 0.1) is 0 Å². The molecule has 1 aromatic carbocycles. The summed E-state index contributed by atoms with van der Waals surface area (Å²) < 4.78 is 10.7. The van der Waals surface area contributed by atoms with Crippen molar-refractivity contribution in [2.45, 2.75) is 31.8 Å². The van der Waals surface area contributed by atoms with Crippen molar-refractivity contribution in [1.29, 1.82) is 0 Å². The van der Waals surface area contributed by atoms with Crippen LogP contribution >= 0.6 is 0 Å². The second kappa shape index (κ2) is 7.69. The minimum Gasteiger partial charge on any atom is -0.386 e. The van der Waals surface area contributed by atoms with Gasteiger partial charge in [0.15, 0.2) is 0 Å². The summed E-state index contributed by atoms with van der Waals surface area (Å²) in [5.74, 6) is 0. The molecule has 0 aromatic heterocycles. The van der Waals surface area contributed by atoms with Crippen LogP contribution in [-0.2, 0) is 9.47 Å². The van der Waals surface area contributed by atoms with Gasteiger partial charge in [0.1, 0.15) is 12.9 Å². The van der Waals surface area contributed by atoms with Gasteiger partial charge in [-0.15, -0.1) is 0 Å². The van der Waals surface area contributed by atoms with E-state index in [1.165, 1.54) is 0 Å². The monoisotopic (exact) mass is 268 g/mol. The molecule has 0 saturated carbocycles. The van der Waals surface area contributed by atoms with E-state index >= 15 is 0 Å². The van der Waals surface area contributed by atoms with Crippen LogP contribution in [0.3, 0.4) is 0 Å². The van der Waals surface area contributed by atoms with Crippen molar-refractivity contribution in [2.24, 2.45) is 0 Å². The molecule has 1 aromatic rings. The van der Waals surface area contributed by atoms with Crippen molar-refractivity contribution in [2.75, 3.05) is 20.0 Å². The van der Waals surface area contributed by atoms with Crippen LogP contribution in [0.15, 0.2) is 30.3 Å². The molecule has 0 radical (unpaired) electrons. The van der Waals surface area contributed by atoms with Gasteiger partial charge >= 0.3 is 0 Å². The zero-order valence-electron chi connectivity index (χ0n) is 11.6. The SMILES string of the molecule is C[Si](C)(C)CCOCOCC(O)c1ccccc1. The topological polar surface area (TPSA) is 38.7 Å². The average Bonchev–Trinajstić information content (AvgIpc) is 2.33. The minimum absolute atomic E-state index is 0.258. The molecule has 1 atom stereocenters. The summed E-state index contributed by atoms with van der Waals surface area (Å²) in [4.78, 5) is 0. The van der Waals surface area contributed by atoms with Crippen LogP contribution in [-0.4, -0.2) is 33.2 Å². The van der Waals surface area contributed by atoms with E-state index in [2.05, 4.69) is 19.6 Å². The van der Waals surface area contributed by atoms with Crippen molar-refractivity contribution >= 4 is 8.07 Å². The summed E-state index contributed by atoms with van der Waals surface area (Å²) in [5.41, 5.74) is 0.875. The highest BCUT2D eigenvalue weighted by atomic mass is 28.3. The minimum atomic E-state index is -1.02. The van der Waals surface area contributed by atoms with E-state index in [9.17, 15) is 5.11 Å². The summed E-state index contributed by atoms with van der Waals surface area (Å²) in [6.07, 6.45) is -0.577. The Balaban J connectivity index is 2.08. The van der Waals surface area contributed by atoms with Gasteiger partial charge in [-0.3, -0.25) is 0 Å². The molecule has 0 fully saturated rings. The van der Waals surface area contributed by atoms with Gasteiger partial charge < -0.3 is 14.6 Å². The lowest BCUT2D eigenvalue weighted by Gasteiger charge is -2.16. The van der Waals surface area contributed by atoms with E-state index in [1.807, 2.05) is 30.3 Å². The van der Waals surface area contributed by atoms with Gasteiger partial charge in [0.2, 0.25) is 0 Å². The summed E-state index contributed by atoms with van der Waals surface area (Å²) in [5, 5.41) is 9.83. The zero-order valence-corrected chi connectivity index (χ0v) is 12.6. The number of benzene rings is 1. The van der Waals surface area contributed by atoms with E-state index < -0.39 is 14.2 Å². The maximum absolute atomic E-state index is 9.83. The molecule has 1 rings (SSSR count). The average molecular weight is 268 g/mol. The van der Waals surface area contributed by atoms with Crippen LogP contribution in [0.5, 0.6) is 0 Å². The fraction of sp³-hybridized carbons (Fsp3) is 0.571.